The first-order valence-corrected chi connectivity index (χ1v) is 8.09. The van der Waals surface area contributed by atoms with Gasteiger partial charge in [-0.3, -0.25) is 0 Å². The molecule has 2 saturated heterocycles. The topological polar surface area (TPSA) is 30.5 Å². The van der Waals surface area contributed by atoms with Crippen LogP contribution in [-0.4, -0.2) is 48.5 Å². The van der Waals surface area contributed by atoms with Gasteiger partial charge >= 0.3 is 0 Å². The Morgan fingerprint density at radius 3 is 2.89 bits per heavy atom. The Balaban J connectivity index is 2.00. The molecule has 0 amide bonds. The third kappa shape index (κ3) is 2.87. The van der Waals surface area contributed by atoms with E-state index in [0.717, 1.165) is 26.0 Å². The maximum absolute atomic E-state index is 6.23. The molecule has 3 nitrogen and oxygen atoms in total. The van der Waals surface area contributed by atoms with Gasteiger partial charge in [-0.1, -0.05) is 6.92 Å². The Morgan fingerprint density at radius 1 is 1.50 bits per heavy atom. The minimum atomic E-state index is -0.0324. The van der Waals surface area contributed by atoms with E-state index in [0.29, 0.717) is 11.3 Å². The molecule has 0 aliphatic carbocycles. The Morgan fingerprint density at radius 2 is 2.28 bits per heavy atom. The summed E-state index contributed by atoms with van der Waals surface area (Å²) in [6, 6.07) is 0.477. The Hall–Kier alpha value is 0.230. The van der Waals surface area contributed by atoms with Crippen molar-refractivity contribution in [1.29, 1.82) is 0 Å². The first kappa shape index (κ1) is 14.6. The predicted molar refractivity (Wildman–Crippen MR) is 77.3 cm³/mol. The van der Waals surface area contributed by atoms with Crippen LogP contribution in [0.2, 0.25) is 0 Å². The number of ether oxygens (including phenoxy) is 2. The zero-order chi connectivity index (χ0) is 13.2. The summed E-state index contributed by atoms with van der Waals surface area (Å²) in [4.78, 5) is 0. The van der Waals surface area contributed by atoms with Crippen LogP contribution in [0.25, 0.3) is 0 Å². The van der Waals surface area contributed by atoms with Gasteiger partial charge in [0.25, 0.3) is 0 Å². The minimum absolute atomic E-state index is 0.0324. The third-order valence-electron chi connectivity index (χ3n) is 4.59. The highest BCUT2D eigenvalue weighted by Gasteiger charge is 2.49. The van der Waals surface area contributed by atoms with E-state index in [2.05, 4.69) is 26.1 Å². The summed E-state index contributed by atoms with van der Waals surface area (Å²) in [5.74, 6) is 1.23. The molecule has 106 valence electrons. The van der Waals surface area contributed by atoms with Crippen molar-refractivity contribution >= 4 is 11.8 Å². The maximum atomic E-state index is 6.23. The van der Waals surface area contributed by atoms with Crippen LogP contribution < -0.4 is 5.32 Å². The Labute approximate surface area is 115 Å². The zero-order valence-corrected chi connectivity index (χ0v) is 12.9. The molecular weight excluding hydrogens is 246 g/mol. The van der Waals surface area contributed by atoms with Gasteiger partial charge in [0.05, 0.1) is 17.8 Å². The second kappa shape index (κ2) is 5.70. The Kier molecular flexibility index (Phi) is 4.63. The molecule has 2 fully saturated rings. The molecule has 3 unspecified atom stereocenters. The molecule has 0 saturated carbocycles. The van der Waals surface area contributed by atoms with Crippen molar-refractivity contribution in [3.05, 3.63) is 0 Å². The predicted octanol–water partition coefficient (Wildman–Crippen LogP) is 2.44. The summed E-state index contributed by atoms with van der Waals surface area (Å²) in [7, 11) is 1.80. The van der Waals surface area contributed by atoms with Crippen LogP contribution in [0.1, 0.15) is 40.0 Å². The van der Waals surface area contributed by atoms with Crippen molar-refractivity contribution in [3.8, 4) is 0 Å². The molecule has 1 N–H and O–H groups in total. The molecule has 2 rings (SSSR count). The van der Waals surface area contributed by atoms with Gasteiger partial charge in [0.1, 0.15) is 0 Å². The van der Waals surface area contributed by atoms with Gasteiger partial charge in [-0.25, -0.2) is 0 Å². The molecular formula is C14H27NO2S. The molecule has 2 heterocycles. The lowest BCUT2D eigenvalue weighted by atomic mass is 9.82. The van der Waals surface area contributed by atoms with E-state index in [4.69, 9.17) is 9.47 Å². The molecule has 18 heavy (non-hydrogen) atoms. The normalized spacial score (nSPS) is 37.3. The lowest BCUT2D eigenvalue weighted by Gasteiger charge is -2.45. The molecule has 0 aromatic heterocycles. The van der Waals surface area contributed by atoms with Crippen molar-refractivity contribution in [2.24, 2.45) is 0 Å². The fourth-order valence-electron chi connectivity index (χ4n) is 3.07. The molecule has 1 spiro atoms. The van der Waals surface area contributed by atoms with Gasteiger partial charge in [-0.15, -0.1) is 0 Å². The number of morpholine rings is 1. The lowest BCUT2D eigenvalue weighted by Crippen LogP contribution is -2.61. The SMILES string of the molecule is COC(C)(C)CCC1NCCOC12CCSC2C. The summed E-state index contributed by atoms with van der Waals surface area (Å²) in [6.07, 6.45) is 3.39. The van der Waals surface area contributed by atoms with Crippen molar-refractivity contribution in [1.82, 2.24) is 5.32 Å². The van der Waals surface area contributed by atoms with Crippen LogP contribution in [0.4, 0.5) is 0 Å². The van der Waals surface area contributed by atoms with Crippen LogP contribution in [0.3, 0.4) is 0 Å². The molecule has 0 aromatic rings. The van der Waals surface area contributed by atoms with Crippen LogP contribution in [-0.2, 0) is 9.47 Å². The highest BCUT2D eigenvalue weighted by Crippen LogP contribution is 2.43. The van der Waals surface area contributed by atoms with Crippen molar-refractivity contribution < 1.29 is 9.47 Å². The van der Waals surface area contributed by atoms with Gasteiger partial charge < -0.3 is 14.8 Å². The minimum Gasteiger partial charge on any atom is -0.379 e. The van der Waals surface area contributed by atoms with Crippen molar-refractivity contribution in [3.63, 3.8) is 0 Å². The number of rotatable bonds is 4. The van der Waals surface area contributed by atoms with Crippen LogP contribution >= 0.6 is 11.8 Å². The summed E-state index contributed by atoms with van der Waals surface area (Å²) >= 11 is 2.05. The zero-order valence-electron chi connectivity index (χ0n) is 12.1. The van der Waals surface area contributed by atoms with E-state index >= 15 is 0 Å². The monoisotopic (exact) mass is 273 g/mol. The van der Waals surface area contributed by atoms with E-state index in [9.17, 15) is 0 Å². The van der Waals surface area contributed by atoms with Gasteiger partial charge in [0.15, 0.2) is 0 Å². The van der Waals surface area contributed by atoms with Gasteiger partial charge in [0, 0.05) is 24.9 Å². The second-order valence-corrected chi connectivity index (χ2v) is 7.52. The van der Waals surface area contributed by atoms with Gasteiger partial charge in [-0.2, -0.15) is 11.8 Å². The fourth-order valence-corrected chi connectivity index (χ4v) is 4.50. The largest absolute Gasteiger partial charge is 0.379 e. The Bertz CT molecular complexity index is 285. The summed E-state index contributed by atoms with van der Waals surface area (Å²) in [5, 5.41) is 4.28. The first-order chi connectivity index (χ1) is 8.50. The third-order valence-corrected chi connectivity index (χ3v) is 5.93. The molecule has 4 heteroatoms. The quantitative estimate of drug-likeness (QED) is 0.852. The van der Waals surface area contributed by atoms with E-state index in [-0.39, 0.29) is 11.2 Å². The summed E-state index contributed by atoms with van der Waals surface area (Å²) in [6.45, 7) is 8.48. The van der Waals surface area contributed by atoms with Crippen molar-refractivity contribution in [2.75, 3.05) is 26.0 Å². The standard InChI is InChI=1S/C14H27NO2S/c1-11-14(7-10-18-11)12(15-8-9-17-14)5-6-13(2,3)16-4/h11-12,15H,5-10H2,1-4H3. The molecule has 3 atom stereocenters. The van der Waals surface area contributed by atoms with Gasteiger partial charge in [-0.05, 0) is 38.9 Å². The number of hydrogen-bond acceptors (Lipinski definition) is 4. The smallest absolute Gasteiger partial charge is 0.0958 e. The fraction of sp³-hybridized carbons (Fsp3) is 1.00. The number of methoxy groups -OCH3 is 1. The molecule has 2 aliphatic heterocycles. The van der Waals surface area contributed by atoms with Crippen LogP contribution in [0.5, 0.6) is 0 Å². The highest BCUT2D eigenvalue weighted by atomic mass is 32.2. The van der Waals surface area contributed by atoms with Crippen LogP contribution in [0, 0.1) is 0 Å². The molecule has 0 aromatic carbocycles. The number of thioether (sulfide) groups is 1. The highest BCUT2D eigenvalue weighted by molar-refractivity contribution is 8.00. The maximum Gasteiger partial charge on any atom is 0.0958 e. The van der Waals surface area contributed by atoms with E-state index in [1.807, 2.05) is 11.8 Å². The molecule has 0 radical (unpaired) electrons. The number of nitrogens with one attached hydrogen (secondary N) is 1. The average Bonchev–Trinajstić information content (AvgIpc) is 2.71. The summed E-state index contributed by atoms with van der Waals surface area (Å²) in [5.41, 5.74) is 0.0298. The lowest BCUT2D eigenvalue weighted by molar-refractivity contribution is -0.0991. The van der Waals surface area contributed by atoms with Crippen molar-refractivity contribution in [2.45, 2.75) is 62.5 Å². The molecule has 2 aliphatic rings. The summed E-state index contributed by atoms with van der Waals surface area (Å²) < 4.78 is 11.8. The first-order valence-electron chi connectivity index (χ1n) is 7.04. The van der Waals surface area contributed by atoms with E-state index in [1.54, 1.807) is 7.11 Å². The second-order valence-electron chi connectivity index (χ2n) is 6.08. The average molecular weight is 273 g/mol. The number of hydrogen-bond donors (Lipinski definition) is 1. The van der Waals surface area contributed by atoms with E-state index < -0.39 is 0 Å². The molecule has 0 bridgehead atoms. The van der Waals surface area contributed by atoms with Crippen LogP contribution in [0.15, 0.2) is 0 Å². The van der Waals surface area contributed by atoms with E-state index in [1.165, 1.54) is 12.2 Å². The van der Waals surface area contributed by atoms with Gasteiger partial charge in [0.2, 0.25) is 0 Å².